The largest absolute Gasteiger partial charge is 0.325 e. The van der Waals surface area contributed by atoms with E-state index in [0.29, 0.717) is 5.69 Å². The van der Waals surface area contributed by atoms with Crippen LogP contribution in [0.1, 0.15) is 12.5 Å². The lowest BCUT2D eigenvalue weighted by Crippen LogP contribution is -2.31. The van der Waals surface area contributed by atoms with Crippen molar-refractivity contribution < 1.29 is 13.2 Å². The molecule has 0 fully saturated rings. The number of para-hydroxylation sites is 2. The van der Waals surface area contributed by atoms with E-state index in [0.717, 1.165) is 5.56 Å². The van der Waals surface area contributed by atoms with Gasteiger partial charge in [0.25, 0.3) is 10.0 Å². The molecule has 0 spiro atoms. The van der Waals surface area contributed by atoms with Crippen LogP contribution in [0.4, 0.5) is 11.4 Å². The second-order valence-corrected chi connectivity index (χ2v) is 7.84. The maximum Gasteiger partial charge on any atom is 0.266 e. The van der Waals surface area contributed by atoms with Gasteiger partial charge in [0.05, 0.1) is 17.9 Å². The van der Waals surface area contributed by atoms with E-state index in [9.17, 15) is 13.2 Å². The Balaban J connectivity index is 2.10. The highest BCUT2D eigenvalue weighted by Gasteiger charge is 2.27. The standard InChI is InChI=1S/C21H20N2O3S/c1-17(24)22-20-14-8-9-15-21(20)27(25,26)23(19-12-6-3-7-13-19)16-18-10-4-2-5-11-18/h2-15H,16H2,1H3,(H,22,24). The fourth-order valence-electron chi connectivity index (χ4n) is 2.76. The van der Waals surface area contributed by atoms with Gasteiger partial charge >= 0.3 is 0 Å². The van der Waals surface area contributed by atoms with E-state index in [1.807, 2.05) is 36.4 Å². The van der Waals surface area contributed by atoms with Gasteiger partial charge in [-0.2, -0.15) is 0 Å². The SMILES string of the molecule is CC(=O)Nc1ccccc1S(=O)(=O)N(Cc1ccccc1)c1ccccc1. The van der Waals surface area contributed by atoms with Crippen LogP contribution in [-0.2, 0) is 21.4 Å². The fraction of sp³-hybridized carbons (Fsp3) is 0.0952. The monoisotopic (exact) mass is 380 g/mol. The van der Waals surface area contributed by atoms with Crippen molar-refractivity contribution in [3.63, 3.8) is 0 Å². The maximum atomic E-state index is 13.5. The summed E-state index contributed by atoms with van der Waals surface area (Å²) in [6.07, 6.45) is 0. The summed E-state index contributed by atoms with van der Waals surface area (Å²) in [5.74, 6) is -0.327. The van der Waals surface area contributed by atoms with Gasteiger partial charge in [0.2, 0.25) is 5.91 Å². The third kappa shape index (κ3) is 4.35. The first-order valence-electron chi connectivity index (χ1n) is 8.47. The molecule has 0 unspecified atom stereocenters. The van der Waals surface area contributed by atoms with E-state index < -0.39 is 10.0 Å². The summed E-state index contributed by atoms with van der Waals surface area (Å²) in [6, 6.07) is 24.7. The molecule has 3 rings (SSSR count). The Morgan fingerprint density at radius 2 is 1.41 bits per heavy atom. The average Bonchev–Trinajstić information content (AvgIpc) is 2.67. The molecule has 0 saturated carbocycles. The van der Waals surface area contributed by atoms with Crippen molar-refractivity contribution in [1.82, 2.24) is 0 Å². The van der Waals surface area contributed by atoms with E-state index in [1.54, 1.807) is 42.5 Å². The molecule has 0 bridgehead atoms. The first-order chi connectivity index (χ1) is 13.0. The lowest BCUT2D eigenvalue weighted by molar-refractivity contribution is -0.114. The number of nitrogens with one attached hydrogen (secondary N) is 1. The van der Waals surface area contributed by atoms with Gasteiger partial charge in [-0.1, -0.05) is 60.7 Å². The van der Waals surface area contributed by atoms with E-state index in [1.165, 1.54) is 17.3 Å². The van der Waals surface area contributed by atoms with Crippen LogP contribution in [0.5, 0.6) is 0 Å². The number of hydrogen-bond donors (Lipinski definition) is 1. The van der Waals surface area contributed by atoms with Crippen molar-refractivity contribution in [2.45, 2.75) is 18.4 Å². The normalized spacial score (nSPS) is 11.0. The van der Waals surface area contributed by atoms with E-state index in [-0.39, 0.29) is 23.0 Å². The second-order valence-electron chi connectivity index (χ2n) is 6.01. The Labute approximate surface area is 159 Å². The Hall–Kier alpha value is -3.12. The molecule has 0 saturated heterocycles. The van der Waals surface area contributed by atoms with Gasteiger partial charge in [0.1, 0.15) is 4.90 Å². The zero-order valence-corrected chi connectivity index (χ0v) is 15.7. The summed E-state index contributed by atoms with van der Waals surface area (Å²) in [4.78, 5) is 11.6. The summed E-state index contributed by atoms with van der Waals surface area (Å²) in [5.41, 5.74) is 1.68. The van der Waals surface area contributed by atoms with Gasteiger partial charge in [-0.25, -0.2) is 8.42 Å². The Kier molecular flexibility index (Phi) is 5.57. The Bertz CT molecular complexity index is 1020. The van der Waals surface area contributed by atoms with Crippen LogP contribution in [-0.4, -0.2) is 14.3 Å². The molecule has 0 aliphatic heterocycles. The predicted octanol–water partition coefficient (Wildman–Crippen LogP) is 4.04. The van der Waals surface area contributed by atoms with Gasteiger partial charge in [-0.05, 0) is 29.8 Å². The average molecular weight is 380 g/mol. The number of sulfonamides is 1. The summed E-state index contributed by atoms with van der Waals surface area (Å²) in [6.45, 7) is 1.53. The summed E-state index contributed by atoms with van der Waals surface area (Å²) in [5, 5.41) is 2.60. The molecule has 138 valence electrons. The molecule has 3 aromatic carbocycles. The maximum absolute atomic E-state index is 13.5. The number of hydrogen-bond acceptors (Lipinski definition) is 3. The number of carbonyl (C=O) groups excluding carboxylic acids is 1. The first-order valence-corrected chi connectivity index (χ1v) is 9.91. The van der Waals surface area contributed by atoms with Crippen LogP contribution >= 0.6 is 0 Å². The molecule has 1 N–H and O–H groups in total. The number of rotatable bonds is 6. The highest BCUT2D eigenvalue weighted by Crippen LogP contribution is 2.30. The van der Waals surface area contributed by atoms with Crippen LogP contribution in [0.25, 0.3) is 0 Å². The van der Waals surface area contributed by atoms with Crippen molar-refractivity contribution >= 4 is 27.3 Å². The van der Waals surface area contributed by atoms with Crippen molar-refractivity contribution in [3.8, 4) is 0 Å². The highest BCUT2D eigenvalue weighted by molar-refractivity contribution is 7.93. The molecule has 1 amide bonds. The minimum absolute atomic E-state index is 0.0555. The predicted molar refractivity (Wildman–Crippen MR) is 107 cm³/mol. The van der Waals surface area contributed by atoms with Crippen molar-refractivity contribution in [3.05, 3.63) is 90.5 Å². The van der Waals surface area contributed by atoms with Crippen molar-refractivity contribution in [2.24, 2.45) is 0 Å². The topological polar surface area (TPSA) is 66.5 Å². The van der Waals surface area contributed by atoms with E-state index in [2.05, 4.69) is 5.32 Å². The van der Waals surface area contributed by atoms with Crippen LogP contribution in [0.2, 0.25) is 0 Å². The third-order valence-electron chi connectivity index (χ3n) is 3.98. The molecule has 0 heterocycles. The van der Waals surface area contributed by atoms with Gasteiger partial charge in [0.15, 0.2) is 0 Å². The number of benzene rings is 3. The van der Waals surface area contributed by atoms with Crippen LogP contribution in [0, 0.1) is 0 Å². The number of anilines is 2. The number of nitrogens with zero attached hydrogens (tertiary/aromatic N) is 1. The molecule has 5 nitrogen and oxygen atoms in total. The first kappa shape index (κ1) is 18.7. The fourth-order valence-corrected chi connectivity index (χ4v) is 4.36. The van der Waals surface area contributed by atoms with Gasteiger partial charge in [-0.3, -0.25) is 9.10 Å². The lowest BCUT2D eigenvalue weighted by atomic mass is 10.2. The highest BCUT2D eigenvalue weighted by atomic mass is 32.2. The third-order valence-corrected chi connectivity index (χ3v) is 5.81. The summed E-state index contributed by atoms with van der Waals surface area (Å²) in [7, 11) is -3.91. The molecule has 0 radical (unpaired) electrons. The summed E-state index contributed by atoms with van der Waals surface area (Å²) < 4.78 is 28.4. The van der Waals surface area contributed by atoms with Gasteiger partial charge in [0, 0.05) is 6.92 Å². The zero-order valence-electron chi connectivity index (χ0n) is 14.9. The Morgan fingerprint density at radius 3 is 2.04 bits per heavy atom. The van der Waals surface area contributed by atoms with Crippen molar-refractivity contribution in [2.75, 3.05) is 9.62 Å². The lowest BCUT2D eigenvalue weighted by Gasteiger charge is -2.26. The molecule has 0 aliphatic rings. The molecular formula is C21H20N2O3S. The smallest absolute Gasteiger partial charge is 0.266 e. The molecule has 0 aliphatic carbocycles. The molecule has 0 aromatic heterocycles. The molecule has 27 heavy (non-hydrogen) atoms. The van der Waals surface area contributed by atoms with Crippen LogP contribution < -0.4 is 9.62 Å². The number of amides is 1. The van der Waals surface area contributed by atoms with Gasteiger partial charge in [-0.15, -0.1) is 0 Å². The van der Waals surface area contributed by atoms with Crippen LogP contribution in [0.3, 0.4) is 0 Å². The van der Waals surface area contributed by atoms with E-state index in [4.69, 9.17) is 0 Å². The zero-order chi connectivity index (χ0) is 19.3. The number of carbonyl (C=O) groups is 1. The molecular weight excluding hydrogens is 360 g/mol. The molecule has 0 atom stereocenters. The summed E-state index contributed by atoms with van der Waals surface area (Å²) >= 11 is 0. The van der Waals surface area contributed by atoms with Gasteiger partial charge < -0.3 is 5.32 Å². The van der Waals surface area contributed by atoms with E-state index >= 15 is 0 Å². The second kappa shape index (κ2) is 8.05. The molecule has 6 heteroatoms. The quantitative estimate of drug-likeness (QED) is 0.702. The Morgan fingerprint density at radius 1 is 0.852 bits per heavy atom. The van der Waals surface area contributed by atoms with Crippen LogP contribution in [0.15, 0.2) is 89.8 Å². The minimum atomic E-state index is -3.91. The van der Waals surface area contributed by atoms with Crippen molar-refractivity contribution in [1.29, 1.82) is 0 Å². The molecule has 3 aromatic rings. The minimum Gasteiger partial charge on any atom is -0.325 e.